The number of rotatable bonds is 7. The quantitative estimate of drug-likeness (QED) is 0.245. The Morgan fingerprint density at radius 3 is 2.51 bits per heavy atom. The predicted octanol–water partition coefficient (Wildman–Crippen LogP) is 1.70. The summed E-state index contributed by atoms with van der Waals surface area (Å²) >= 11 is 1.69. The Hall–Kier alpha value is -3.42. The third-order valence-corrected chi connectivity index (χ3v) is 10.1. The molecule has 2 aromatic carbocycles. The highest BCUT2D eigenvalue weighted by molar-refractivity contribution is 7.88. The van der Waals surface area contributed by atoms with Gasteiger partial charge in [-0.05, 0) is 29.3 Å². The van der Waals surface area contributed by atoms with Crippen molar-refractivity contribution in [1.82, 2.24) is 19.2 Å². The van der Waals surface area contributed by atoms with Crippen molar-refractivity contribution in [3.05, 3.63) is 59.7 Å². The van der Waals surface area contributed by atoms with Crippen LogP contribution in [0.25, 0.3) is 32.0 Å². The fourth-order valence-corrected chi connectivity index (χ4v) is 7.37. The van der Waals surface area contributed by atoms with E-state index >= 15 is 0 Å². The van der Waals surface area contributed by atoms with Gasteiger partial charge in [0.25, 0.3) is 0 Å². The van der Waals surface area contributed by atoms with E-state index in [-0.39, 0.29) is 0 Å². The summed E-state index contributed by atoms with van der Waals surface area (Å²) in [5, 5.41) is 5.95. The standard InChI is InChI=1S/C29H33N7O3S2/c1-41(37,38)36-10-8-34(9-11-36)19-20-4-2-5-21(16-20)26-17-25-27(40-26)29(35-12-14-39-15-13-35)33-28(32-25)22-6-3-7-24(31)23(22)18-30/h2-7,16-18,30H,8-15,19,31H2,1H3/p+1. The maximum Gasteiger partial charge on any atom is 0.211 e. The molecule has 12 heteroatoms. The highest BCUT2D eigenvalue weighted by Crippen LogP contribution is 2.39. The van der Waals surface area contributed by atoms with Gasteiger partial charge in [-0.15, -0.1) is 11.3 Å². The van der Waals surface area contributed by atoms with Crippen molar-refractivity contribution < 1.29 is 18.6 Å². The Balaban J connectivity index is 1.34. The number of thiophene rings is 1. The molecule has 0 amide bonds. The summed E-state index contributed by atoms with van der Waals surface area (Å²) in [5.41, 5.74) is 11.5. The molecule has 214 valence electrons. The molecule has 0 bridgehead atoms. The fraction of sp³-hybridized carbons (Fsp3) is 0.345. The number of morpholine rings is 1. The summed E-state index contributed by atoms with van der Waals surface area (Å²) in [6.07, 6.45) is 2.79. The van der Waals surface area contributed by atoms with Crippen LogP contribution in [0.1, 0.15) is 11.1 Å². The second-order valence-corrected chi connectivity index (χ2v) is 13.4. The molecular weight excluding hydrogens is 558 g/mol. The molecule has 0 radical (unpaired) electrons. The molecule has 0 unspecified atom stereocenters. The average Bonchev–Trinajstić information content (AvgIpc) is 3.41. The van der Waals surface area contributed by atoms with Crippen molar-refractivity contribution >= 4 is 49.3 Å². The normalized spacial score (nSPS) is 17.2. The van der Waals surface area contributed by atoms with E-state index in [1.54, 1.807) is 15.6 Å². The van der Waals surface area contributed by atoms with Gasteiger partial charge < -0.3 is 15.4 Å². The van der Waals surface area contributed by atoms with Crippen molar-refractivity contribution in [3.8, 4) is 21.8 Å². The van der Waals surface area contributed by atoms with E-state index in [1.807, 2.05) is 18.2 Å². The van der Waals surface area contributed by atoms with Crippen LogP contribution in [-0.4, -0.2) is 92.5 Å². The first-order chi connectivity index (χ1) is 19.8. The van der Waals surface area contributed by atoms with E-state index in [4.69, 9.17) is 25.8 Å². The topological polar surface area (TPSA) is 130 Å². The SMILES string of the molecule is CS(=O)(=O)N1CCN(Cc2cccc(-c3cc4nc(-c5cccc(N)c5C=[NH2+])nc(N5CCOCC5)c4s3)c2)CC1. The lowest BCUT2D eigenvalue weighted by Gasteiger charge is -2.33. The van der Waals surface area contributed by atoms with Gasteiger partial charge >= 0.3 is 0 Å². The zero-order chi connectivity index (χ0) is 28.6. The van der Waals surface area contributed by atoms with Gasteiger partial charge in [0.1, 0.15) is 0 Å². The minimum Gasteiger partial charge on any atom is -0.398 e. The van der Waals surface area contributed by atoms with Crippen molar-refractivity contribution in [2.45, 2.75) is 6.54 Å². The van der Waals surface area contributed by atoms with Gasteiger partial charge in [-0.1, -0.05) is 30.3 Å². The summed E-state index contributed by atoms with van der Waals surface area (Å²) in [7, 11) is -3.14. The minimum atomic E-state index is -3.14. The summed E-state index contributed by atoms with van der Waals surface area (Å²) in [4.78, 5) is 15.7. The first kappa shape index (κ1) is 27.7. The summed E-state index contributed by atoms with van der Waals surface area (Å²) in [6.45, 7) is 6.07. The van der Waals surface area contributed by atoms with Gasteiger partial charge in [-0.3, -0.25) is 10.3 Å². The van der Waals surface area contributed by atoms with E-state index in [9.17, 15) is 8.42 Å². The lowest BCUT2D eigenvalue weighted by molar-refractivity contribution is -0.104. The number of piperazine rings is 1. The van der Waals surface area contributed by atoms with Crippen molar-refractivity contribution in [1.29, 1.82) is 0 Å². The Labute approximate surface area is 243 Å². The lowest BCUT2D eigenvalue weighted by Crippen LogP contribution is -2.47. The van der Waals surface area contributed by atoms with Crippen molar-refractivity contribution in [2.24, 2.45) is 0 Å². The molecule has 4 aromatic rings. The molecule has 2 aliphatic rings. The monoisotopic (exact) mass is 592 g/mol. The highest BCUT2D eigenvalue weighted by Gasteiger charge is 2.24. The van der Waals surface area contributed by atoms with Gasteiger partial charge in [0.2, 0.25) is 10.0 Å². The molecule has 41 heavy (non-hydrogen) atoms. The Morgan fingerprint density at radius 2 is 1.78 bits per heavy atom. The third kappa shape index (κ3) is 5.84. The molecule has 2 aromatic heterocycles. The van der Waals surface area contributed by atoms with Gasteiger partial charge in [0, 0.05) is 61.9 Å². The summed E-state index contributed by atoms with van der Waals surface area (Å²) in [6, 6.07) is 16.4. The van der Waals surface area contributed by atoms with Crippen LogP contribution >= 0.6 is 11.3 Å². The van der Waals surface area contributed by atoms with Crippen LogP contribution in [-0.2, 0) is 21.3 Å². The molecule has 2 saturated heterocycles. The molecule has 2 fully saturated rings. The molecule has 0 atom stereocenters. The molecule has 0 spiro atoms. The van der Waals surface area contributed by atoms with E-state index in [0.717, 1.165) is 57.2 Å². The Bertz CT molecular complexity index is 1690. The zero-order valence-corrected chi connectivity index (χ0v) is 24.6. The first-order valence-corrected chi connectivity index (χ1v) is 16.3. The van der Waals surface area contributed by atoms with E-state index < -0.39 is 10.0 Å². The summed E-state index contributed by atoms with van der Waals surface area (Å²) in [5.74, 6) is 1.49. The van der Waals surface area contributed by atoms with Crippen LogP contribution in [0.4, 0.5) is 11.5 Å². The van der Waals surface area contributed by atoms with Crippen LogP contribution < -0.4 is 16.0 Å². The number of sulfonamides is 1. The number of aromatic nitrogens is 2. The maximum atomic E-state index is 11.9. The molecule has 6 rings (SSSR count). The molecule has 0 saturated carbocycles. The number of fused-ring (bicyclic) bond motifs is 1. The van der Waals surface area contributed by atoms with Crippen LogP contribution in [0.5, 0.6) is 0 Å². The van der Waals surface area contributed by atoms with Gasteiger partial charge in [0.15, 0.2) is 17.9 Å². The number of nitrogen functional groups attached to an aromatic ring is 1. The third-order valence-electron chi connectivity index (χ3n) is 7.63. The second kappa shape index (κ2) is 11.5. The van der Waals surface area contributed by atoms with Crippen LogP contribution in [0, 0.1) is 0 Å². The Kier molecular flexibility index (Phi) is 7.75. The number of nitrogens with two attached hydrogens (primary N) is 2. The molecule has 4 N–H and O–H groups in total. The molecule has 4 heterocycles. The number of benzene rings is 2. The minimum absolute atomic E-state index is 0.525. The van der Waals surface area contributed by atoms with Crippen molar-refractivity contribution in [2.75, 3.05) is 69.4 Å². The summed E-state index contributed by atoms with van der Waals surface area (Å²) < 4.78 is 32.0. The largest absolute Gasteiger partial charge is 0.398 e. The smallest absolute Gasteiger partial charge is 0.211 e. The van der Waals surface area contributed by atoms with Gasteiger partial charge in [-0.2, -0.15) is 4.31 Å². The Morgan fingerprint density at radius 1 is 1.02 bits per heavy atom. The molecule has 10 nitrogen and oxygen atoms in total. The van der Waals surface area contributed by atoms with Crippen LogP contribution in [0.3, 0.4) is 0 Å². The highest BCUT2D eigenvalue weighted by atomic mass is 32.2. The fourth-order valence-electron chi connectivity index (χ4n) is 5.43. The predicted molar refractivity (Wildman–Crippen MR) is 165 cm³/mol. The van der Waals surface area contributed by atoms with E-state index in [0.29, 0.717) is 50.9 Å². The van der Waals surface area contributed by atoms with E-state index in [2.05, 4.69) is 40.1 Å². The zero-order valence-electron chi connectivity index (χ0n) is 23.0. The number of hydrogen-bond acceptors (Lipinski definition) is 9. The number of ether oxygens (including phenoxy) is 1. The second-order valence-electron chi connectivity index (χ2n) is 10.4. The average molecular weight is 593 g/mol. The number of hydrogen-bond donors (Lipinski definition) is 2. The molecule has 2 aliphatic heterocycles. The number of nitrogens with zero attached hydrogens (tertiary/aromatic N) is 5. The van der Waals surface area contributed by atoms with Crippen molar-refractivity contribution in [3.63, 3.8) is 0 Å². The molecule has 0 aliphatic carbocycles. The van der Waals surface area contributed by atoms with Crippen LogP contribution in [0.15, 0.2) is 48.5 Å². The number of anilines is 2. The lowest BCUT2D eigenvalue weighted by atomic mass is 10.1. The van der Waals surface area contributed by atoms with Gasteiger partial charge in [0.05, 0.1) is 35.2 Å². The maximum absolute atomic E-state index is 11.9. The first-order valence-electron chi connectivity index (χ1n) is 13.6. The van der Waals surface area contributed by atoms with Gasteiger partial charge in [-0.25, -0.2) is 18.4 Å². The van der Waals surface area contributed by atoms with E-state index in [1.165, 1.54) is 18.0 Å². The van der Waals surface area contributed by atoms with Crippen LogP contribution in [0.2, 0.25) is 0 Å². The molecular formula is C29H34N7O3S2+.